The first-order valence-corrected chi connectivity index (χ1v) is 6.66. The van der Waals surface area contributed by atoms with E-state index in [1.807, 2.05) is 0 Å². The predicted octanol–water partition coefficient (Wildman–Crippen LogP) is 2.21. The standard InChI is InChI=1S/C13H26N2O/c1-4-13(3,5-2)15-12(16)11-9-7-6-8-10-14-11/h11,14H,4-10H2,1-3H3,(H,15,16). The molecule has 0 spiro atoms. The lowest BCUT2D eigenvalue weighted by atomic mass is 9.95. The summed E-state index contributed by atoms with van der Waals surface area (Å²) in [4.78, 5) is 12.1. The van der Waals surface area contributed by atoms with Gasteiger partial charge in [-0.3, -0.25) is 4.79 Å². The van der Waals surface area contributed by atoms with Gasteiger partial charge in [-0.05, 0) is 39.2 Å². The van der Waals surface area contributed by atoms with Gasteiger partial charge in [0.05, 0.1) is 6.04 Å². The smallest absolute Gasteiger partial charge is 0.237 e. The van der Waals surface area contributed by atoms with Crippen LogP contribution in [0.15, 0.2) is 0 Å². The van der Waals surface area contributed by atoms with E-state index < -0.39 is 0 Å². The molecule has 0 radical (unpaired) electrons. The predicted molar refractivity (Wildman–Crippen MR) is 67.4 cm³/mol. The van der Waals surface area contributed by atoms with Crippen molar-refractivity contribution in [3.8, 4) is 0 Å². The highest BCUT2D eigenvalue weighted by molar-refractivity contribution is 5.82. The third kappa shape index (κ3) is 3.78. The average Bonchev–Trinajstić information content (AvgIpc) is 2.57. The lowest BCUT2D eigenvalue weighted by Crippen LogP contribution is -2.52. The van der Waals surface area contributed by atoms with Gasteiger partial charge in [0.2, 0.25) is 5.91 Å². The molecule has 1 unspecified atom stereocenters. The van der Waals surface area contributed by atoms with Gasteiger partial charge in [0.15, 0.2) is 0 Å². The van der Waals surface area contributed by atoms with Gasteiger partial charge < -0.3 is 10.6 Å². The lowest BCUT2D eigenvalue weighted by Gasteiger charge is -2.30. The molecule has 1 atom stereocenters. The van der Waals surface area contributed by atoms with Crippen molar-refractivity contribution in [1.29, 1.82) is 0 Å². The molecule has 1 fully saturated rings. The van der Waals surface area contributed by atoms with Crippen molar-refractivity contribution < 1.29 is 4.79 Å². The summed E-state index contributed by atoms with van der Waals surface area (Å²) in [6.07, 6.45) is 6.57. The highest BCUT2D eigenvalue weighted by Gasteiger charge is 2.26. The van der Waals surface area contributed by atoms with Gasteiger partial charge in [0.25, 0.3) is 0 Å². The Morgan fingerprint density at radius 3 is 2.62 bits per heavy atom. The Bertz CT molecular complexity index is 216. The quantitative estimate of drug-likeness (QED) is 0.771. The summed E-state index contributed by atoms with van der Waals surface area (Å²) in [6, 6.07) is 0.0277. The van der Waals surface area contributed by atoms with Crippen LogP contribution >= 0.6 is 0 Å². The molecule has 0 saturated carbocycles. The van der Waals surface area contributed by atoms with Crippen molar-refractivity contribution in [2.75, 3.05) is 6.54 Å². The molecule has 2 N–H and O–H groups in total. The van der Waals surface area contributed by atoms with Crippen molar-refractivity contribution in [1.82, 2.24) is 10.6 Å². The zero-order valence-corrected chi connectivity index (χ0v) is 10.9. The largest absolute Gasteiger partial charge is 0.350 e. The topological polar surface area (TPSA) is 41.1 Å². The van der Waals surface area contributed by atoms with E-state index in [-0.39, 0.29) is 17.5 Å². The van der Waals surface area contributed by atoms with Gasteiger partial charge in [0.1, 0.15) is 0 Å². The molecule has 1 rings (SSSR count). The van der Waals surface area contributed by atoms with Crippen LogP contribution in [-0.4, -0.2) is 24.0 Å². The molecule has 3 heteroatoms. The van der Waals surface area contributed by atoms with Crippen molar-refractivity contribution in [3.05, 3.63) is 0 Å². The van der Waals surface area contributed by atoms with E-state index in [1.165, 1.54) is 19.3 Å². The van der Waals surface area contributed by atoms with Crippen LogP contribution in [0.5, 0.6) is 0 Å². The molecule has 1 heterocycles. The van der Waals surface area contributed by atoms with E-state index in [4.69, 9.17) is 0 Å². The Hall–Kier alpha value is -0.570. The van der Waals surface area contributed by atoms with E-state index in [1.54, 1.807) is 0 Å². The molecule has 1 saturated heterocycles. The lowest BCUT2D eigenvalue weighted by molar-refractivity contribution is -0.125. The molecule has 0 aliphatic carbocycles. The molecule has 16 heavy (non-hydrogen) atoms. The monoisotopic (exact) mass is 226 g/mol. The number of carbonyl (C=O) groups excluding carboxylic acids is 1. The molecule has 1 aliphatic rings. The molecule has 94 valence electrons. The highest BCUT2D eigenvalue weighted by atomic mass is 16.2. The van der Waals surface area contributed by atoms with Crippen molar-refractivity contribution in [2.24, 2.45) is 0 Å². The van der Waals surface area contributed by atoms with Crippen molar-refractivity contribution >= 4 is 5.91 Å². The molecule has 0 aromatic carbocycles. The van der Waals surface area contributed by atoms with E-state index in [0.717, 1.165) is 25.8 Å². The van der Waals surface area contributed by atoms with Gasteiger partial charge in [-0.25, -0.2) is 0 Å². The van der Waals surface area contributed by atoms with Crippen LogP contribution in [-0.2, 0) is 4.79 Å². The van der Waals surface area contributed by atoms with E-state index >= 15 is 0 Å². The van der Waals surface area contributed by atoms with Crippen LogP contribution in [0.2, 0.25) is 0 Å². The maximum atomic E-state index is 12.1. The fraction of sp³-hybridized carbons (Fsp3) is 0.923. The Morgan fingerprint density at radius 1 is 1.31 bits per heavy atom. The summed E-state index contributed by atoms with van der Waals surface area (Å²) in [6.45, 7) is 7.36. The van der Waals surface area contributed by atoms with Gasteiger partial charge >= 0.3 is 0 Å². The van der Waals surface area contributed by atoms with E-state index in [2.05, 4.69) is 31.4 Å². The second kappa shape index (κ2) is 6.24. The minimum absolute atomic E-state index is 0.0277. The van der Waals surface area contributed by atoms with Gasteiger partial charge in [-0.2, -0.15) is 0 Å². The molecule has 0 bridgehead atoms. The van der Waals surface area contributed by atoms with E-state index in [9.17, 15) is 4.79 Å². The third-order valence-electron chi connectivity index (χ3n) is 3.86. The van der Waals surface area contributed by atoms with Gasteiger partial charge in [-0.1, -0.05) is 26.7 Å². The highest BCUT2D eigenvalue weighted by Crippen LogP contribution is 2.15. The second-order valence-corrected chi connectivity index (χ2v) is 5.11. The minimum atomic E-state index is -0.0366. The zero-order valence-electron chi connectivity index (χ0n) is 10.9. The number of amides is 1. The number of hydrogen-bond acceptors (Lipinski definition) is 2. The normalized spacial score (nSPS) is 22.6. The minimum Gasteiger partial charge on any atom is -0.350 e. The summed E-state index contributed by atoms with van der Waals surface area (Å²) in [5.74, 6) is 0.188. The SMILES string of the molecule is CCC(C)(CC)NC(=O)C1CCCCCN1. The summed E-state index contributed by atoms with van der Waals surface area (Å²) >= 11 is 0. The molecular formula is C13H26N2O. The second-order valence-electron chi connectivity index (χ2n) is 5.11. The zero-order chi connectivity index (χ0) is 12.0. The Balaban J connectivity index is 2.49. The maximum Gasteiger partial charge on any atom is 0.237 e. The number of rotatable bonds is 4. The Morgan fingerprint density at radius 2 is 2.00 bits per heavy atom. The summed E-state index contributed by atoms with van der Waals surface area (Å²) in [7, 11) is 0. The van der Waals surface area contributed by atoms with Crippen LogP contribution in [0.25, 0.3) is 0 Å². The fourth-order valence-electron chi connectivity index (χ4n) is 2.06. The maximum absolute atomic E-state index is 12.1. The summed E-state index contributed by atoms with van der Waals surface area (Å²) in [5.41, 5.74) is -0.0366. The molecule has 0 aromatic rings. The van der Waals surface area contributed by atoms with Crippen molar-refractivity contribution in [2.45, 2.75) is 70.9 Å². The molecular weight excluding hydrogens is 200 g/mol. The third-order valence-corrected chi connectivity index (χ3v) is 3.86. The van der Waals surface area contributed by atoms with Crippen LogP contribution in [0.3, 0.4) is 0 Å². The fourth-order valence-corrected chi connectivity index (χ4v) is 2.06. The first-order chi connectivity index (χ1) is 7.61. The van der Waals surface area contributed by atoms with Crippen LogP contribution in [0.1, 0.15) is 59.3 Å². The summed E-state index contributed by atoms with van der Waals surface area (Å²) < 4.78 is 0. The number of nitrogens with one attached hydrogen (secondary N) is 2. The first kappa shape index (κ1) is 13.5. The van der Waals surface area contributed by atoms with Gasteiger partial charge in [0, 0.05) is 5.54 Å². The Kier molecular flexibility index (Phi) is 5.26. The Labute approximate surface area is 99.4 Å². The van der Waals surface area contributed by atoms with E-state index in [0.29, 0.717) is 0 Å². The summed E-state index contributed by atoms with van der Waals surface area (Å²) in [5, 5.41) is 6.53. The number of carbonyl (C=O) groups is 1. The van der Waals surface area contributed by atoms with Gasteiger partial charge in [-0.15, -0.1) is 0 Å². The van der Waals surface area contributed by atoms with Crippen LogP contribution in [0.4, 0.5) is 0 Å². The average molecular weight is 226 g/mol. The molecule has 1 amide bonds. The first-order valence-electron chi connectivity index (χ1n) is 6.66. The van der Waals surface area contributed by atoms with Crippen LogP contribution < -0.4 is 10.6 Å². The molecule has 1 aliphatic heterocycles. The van der Waals surface area contributed by atoms with Crippen LogP contribution in [0, 0.1) is 0 Å². The number of hydrogen-bond donors (Lipinski definition) is 2. The molecule has 0 aromatic heterocycles. The molecule has 3 nitrogen and oxygen atoms in total. The van der Waals surface area contributed by atoms with Crippen molar-refractivity contribution in [3.63, 3.8) is 0 Å².